The summed E-state index contributed by atoms with van der Waals surface area (Å²) in [5.41, 5.74) is 5.24. The number of carbonyl (C=O) groups is 1. The summed E-state index contributed by atoms with van der Waals surface area (Å²) in [6, 6.07) is 18.1. The SMILES string of the molecule is CCn1c(-c2ccccc2)cnc1SCc1csc(CC(=O)Nc2ccc(C)cc2)n1. The number of thiazole rings is 1. The van der Waals surface area contributed by atoms with E-state index in [0.29, 0.717) is 0 Å². The van der Waals surface area contributed by atoms with Crippen LogP contribution in [0.15, 0.2) is 71.3 Å². The quantitative estimate of drug-likeness (QED) is 0.346. The first-order chi connectivity index (χ1) is 15.1. The van der Waals surface area contributed by atoms with Gasteiger partial charge in [-0.2, -0.15) is 0 Å². The number of aromatic nitrogens is 3. The van der Waals surface area contributed by atoms with E-state index in [1.54, 1.807) is 11.8 Å². The van der Waals surface area contributed by atoms with Gasteiger partial charge in [-0.15, -0.1) is 11.3 Å². The maximum Gasteiger partial charge on any atom is 0.231 e. The highest BCUT2D eigenvalue weighted by molar-refractivity contribution is 7.98. The summed E-state index contributed by atoms with van der Waals surface area (Å²) in [6.07, 6.45) is 2.22. The summed E-state index contributed by atoms with van der Waals surface area (Å²) in [5, 5.41) is 6.76. The average molecular weight is 449 g/mol. The largest absolute Gasteiger partial charge is 0.326 e. The third-order valence-corrected chi connectivity index (χ3v) is 6.72. The number of hydrogen-bond acceptors (Lipinski definition) is 5. The number of imidazole rings is 1. The summed E-state index contributed by atoms with van der Waals surface area (Å²) in [4.78, 5) is 21.6. The van der Waals surface area contributed by atoms with Crippen molar-refractivity contribution >= 4 is 34.7 Å². The summed E-state index contributed by atoms with van der Waals surface area (Å²) < 4.78 is 2.22. The van der Waals surface area contributed by atoms with Crippen LogP contribution < -0.4 is 5.32 Å². The Balaban J connectivity index is 1.36. The lowest BCUT2D eigenvalue weighted by molar-refractivity contribution is -0.115. The molecule has 0 saturated carbocycles. The Hall–Kier alpha value is -2.90. The minimum absolute atomic E-state index is 0.0496. The average Bonchev–Trinajstić information content (AvgIpc) is 3.40. The molecule has 0 aliphatic carbocycles. The van der Waals surface area contributed by atoms with Crippen LogP contribution in [0.3, 0.4) is 0 Å². The van der Waals surface area contributed by atoms with Crippen molar-refractivity contribution in [2.75, 3.05) is 5.32 Å². The molecule has 4 aromatic rings. The zero-order chi connectivity index (χ0) is 21.6. The zero-order valence-electron chi connectivity index (χ0n) is 17.5. The van der Waals surface area contributed by atoms with Gasteiger partial charge in [-0.1, -0.05) is 59.8 Å². The van der Waals surface area contributed by atoms with Crippen molar-refractivity contribution in [1.82, 2.24) is 14.5 Å². The summed E-state index contributed by atoms with van der Waals surface area (Å²) in [5.74, 6) is 0.674. The Kier molecular flexibility index (Phi) is 6.84. The molecular weight excluding hydrogens is 424 g/mol. The van der Waals surface area contributed by atoms with E-state index in [0.717, 1.165) is 39.5 Å². The Labute approximate surface area is 190 Å². The Morgan fingerprint density at radius 2 is 1.90 bits per heavy atom. The Morgan fingerprint density at radius 3 is 2.65 bits per heavy atom. The van der Waals surface area contributed by atoms with Crippen LogP contribution in [0.4, 0.5) is 5.69 Å². The third-order valence-electron chi connectivity index (χ3n) is 4.80. The van der Waals surface area contributed by atoms with Crippen LogP contribution in [-0.2, 0) is 23.5 Å². The van der Waals surface area contributed by atoms with Crippen molar-refractivity contribution in [3.05, 3.63) is 82.4 Å². The number of thioether (sulfide) groups is 1. The molecule has 2 heterocycles. The predicted molar refractivity (Wildman–Crippen MR) is 129 cm³/mol. The van der Waals surface area contributed by atoms with E-state index in [-0.39, 0.29) is 12.3 Å². The van der Waals surface area contributed by atoms with Gasteiger partial charge in [0, 0.05) is 23.4 Å². The second-order valence-electron chi connectivity index (χ2n) is 7.15. The highest BCUT2D eigenvalue weighted by Crippen LogP contribution is 2.28. The van der Waals surface area contributed by atoms with E-state index in [4.69, 9.17) is 0 Å². The molecule has 1 amide bonds. The van der Waals surface area contributed by atoms with Gasteiger partial charge in [0.05, 0.1) is 24.0 Å². The molecule has 2 aromatic heterocycles. The van der Waals surface area contributed by atoms with Gasteiger partial charge in [-0.25, -0.2) is 9.97 Å². The zero-order valence-corrected chi connectivity index (χ0v) is 19.2. The van der Waals surface area contributed by atoms with Crippen LogP contribution in [0.2, 0.25) is 0 Å². The first-order valence-electron chi connectivity index (χ1n) is 10.2. The van der Waals surface area contributed by atoms with Crippen molar-refractivity contribution in [1.29, 1.82) is 0 Å². The number of benzene rings is 2. The van der Waals surface area contributed by atoms with Gasteiger partial charge in [0.2, 0.25) is 5.91 Å². The highest BCUT2D eigenvalue weighted by atomic mass is 32.2. The number of hydrogen-bond donors (Lipinski definition) is 1. The van der Waals surface area contributed by atoms with Gasteiger partial charge in [0.25, 0.3) is 0 Å². The van der Waals surface area contributed by atoms with Gasteiger partial charge < -0.3 is 9.88 Å². The van der Waals surface area contributed by atoms with Gasteiger partial charge in [0.15, 0.2) is 5.16 Å². The van der Waals surface area contributed by atoms with E-state index in [2.05, 4.69) is 38.9 Å². The number of rotatable bonds is 8. The van der Waals surface area contributed by atoms with Crippen LogP contribution in [0.25, 0.3) is 11.3 Å². The molecule has 0 unspecified atom stereocenters. The van der Waals surface area contributed by atoms with Gasteiger partial charge >= 0.3 is 0 Å². The first-order valence-corrected chi connectivity index (χ1v) is 12.0. The van der Waals surface area contributed by atoms with Crippen molar-refractivity contribution in [3.8, 4) is 11.3 Å². The lowest BCUT2D eigenvalue weighted by Gasteiger charge is -2.08. The molecule has 31 heavy (non-hydrogen) atoms. The minimum Gasteiger partial charge on any atom is -0.326 e. The molecule has 0 bridgehead atoms. The molecule has 0 fully saturated rings. The van der Waals surface area contributed by atoms with E-state index < -0.39 is 0 Å². The molecule has 5 nitrogen and oxygen atoms in total. The fourth-order valence-electron chi connectivity index (χ4n) is 3.23. The van der Waals surface area contributed by atoms with Crippen LogP contribution in [-0.4, -0.2) is 20.4 Å². The predicted octanol–water partition coefficient (Wildman–Crippen LogP) is 5.81. The Bertz CT molecular complexity index is 1150. The van der Waals surface area contributed by atoms with E-state index in [9.17, 15) is 4.79 Å². The Morgan fingerprint density at radius 1 is 1.13 bits per heavy atom. The van der Waals surface area contributed by atoms with E-state index >= 15 is 0 Å². The van der Waals surface area contributed by atoms with Crippen molar-refractivity contribution in [3.63, 3.8) is 0 Å². The molecule has 1 N–H and O–H groups in total. The molecule has 4 rings (SSSR count). The molecule has 0 radical (unpaired) electrons. The lowest BCUT2D eigenvalue weighted by Crippen LogP contribution is -2.14. The second-order valence-corrected chi connectivity index (χ2v) is 9.03. The number of nitrogens with one attached hydrogen (secondary N) is 1. The topological polar surface area (TPSA) is 59.8 Å². The number of amides is 1. The van der Waals surface area contributed by atoms with E-state index in [1.165, 1.54) is 22.5 Å². The highest BCUT2D eigenvalue weighted by Gasteiger charge is 2.13. The molecule has 0 saturated heterocycles. The standard InChI is InChI=1S/C24H24N4OS2/c1-3-28-21(18-7-5-4-6-8-18)14-25-24(28)31-16-20-15-30-23(27-20)13-22(29)26-19-11-9-17(2)10-12-19/h4-12,14-15H,3,13,16H2,1-2H3,(H,26,29). The maximum absolute atomic E-state index is 12.3. The maximum atomic E-state index is 12.3. The number of aryl methyl sites for hydroxylation is 1. The summed E-state index contributed by atoms with van der Waals surface area (Å²) in [6.45, 7) is 5.01. The molecule has 158 valence electrons. The molecule has 0 aliphatic heterocycles. The van der Waals surface area contributed by atoms with E-state index in [1.807, 2.05) is 61.0 Å². The number of carbonyl (C=O) groups excluding carboxylic acids is 1. The second kappa shape index (κ2) is 9.94. The minimum atomic E-state index is -0.0496. The van der Waals surface area contributed by atoms with Crippen LogP contribution in [0.5, 0.6) is 0 Å². The first kappa shape index (κ1) is 21.3. The molecule has 0 aliphatic rings. The van der Waals surface area contributed by atoms with Crippen LogP contribution in [0, 0.1) is 6.92 Å². The van der Waals surface area contributed by atoms with Crippen molar-refractivity contribution in [2.45, 2.75) is 37.7 Å². The van der Waals surface area contributed by atoms with Gasteiger partial charge in [-0.3, -0.25) is 4.79 Å². The molecule has 0 atom stereocenters. The normalized spacial score (nSPS) is 10.9. The van der Waals surface area contributed by atoms with Crippen molar-refractivity contribution < 1.29 is 4.79 Å². The van der Waals surface area contributed by atoms with Crippen molar-refractivity contribution in [2.24, 2.45) is 0 Å². The number of anilines is 1. The van der Waals surface area contributed by atoms with Gasteiger partial charge in [-0.05, 0) is 31.5 Å². The monoisotopic (exact) mass is 448 g/mol. The van der Waals surface area contributed by atoms with Crippen LogP contribution >= 0.6 is 23.1 Å². The smallest absolute Gasteiger partial charge is 0.231 e. The van der Waals surface area contributed by atoms with Crippen LogP contribution in [0.1, 0.15) is 23.2 Å². The molecule has 7 heteroatoms. The molecular formula is C24H24N4OS2. The lowest BCUT2D eigenvalue weighted by atomic mass is 10.2. The molecule has 0 spiro atoms. The fraction of sp³-hybridized carbons (Fsp3) is 0.208. The number of nitrogens with zero attached hydrogens (tertiary/aromatic N) is 3. The summed E-state index contributed by atoms with van der Waals surface area (Å²) in [7, 11) is 0. The third kappa shape index (κ3) is 5.42. The van der Waals surface area contributed by atoms with Gasteiger partial charge in [0.1, 0.15) is 5.01 Å². The molecule has 2 aromatic carbocycles. The summed E-state index contributed by atoms with van der Waals surface area (Å²) >= 11 is 3.20. The fourth-order valence-corrected chi connectivity index (χ4v) is 5.07.